The fourth-order valence-electron chi connectivity index (χ4n) is 1.89. The maximum absolute atomic E-state index is 12.3. The number of carbonyl (C=O) groups is 1. The van der Waals surface area contributed by atoms with Crippen molar-refractivity contribution in [3.8, 4) is 0 Å². The third kappa shape index (κ3) is 3.04. The second-order valence-corrected chi connectivity index (χ2v) is 5.54. The number of aryl methyl sites for hydroxylation is 3. The van der Waals surface area contributed by atoms with Crippen LogP contribution in [-0.4, -0.2) is 5.91 Å². The molecule has 2 aromatic rings. The Bertz CT molecular complexity index is 635. The quantitative estimate of drug-likeness (QED) is 0.859. The molecule has 0 spiro atoms. The van der Waals surface area contributed by atoms with Gasteiger partial charge in [-0.1, -0.05) is 18.2 Å². The van der Waals surface area contributed by atoms with E-state index in [0.717, 1.165) is 21.3 Å². The van der Waals surface area contributed by atoms with Crippen LogP contribution in [0.4, 0.5) is 5.69 Å². The molecule has 0 aliphatic rings. The number of halogens is 1. The largest absolute Gasteiger partial charge is 0.321 e. The van der Waals surface area contributed by atoms with Crippen molar-refractivity contribution in [1.82, 2.24) is 0 Å². The van der Waals surface area contributed by atoms with Gasteiger partial charge < -0.3 is 5.32 Å². The van der Waals surface area contributed by atoms with Crippen molar-refractivity contribution in [3.05, 3.63) is 63.1 Å². The van der Waals surface area contributed by atoms with Gasteiger partial charge in [-0.15, -0.1) is 0 Å². The van der Waals surface area contributed by atoms with Crippen molar-refractivity contribution in [2.75, 3.05) is 5.32 Å². The molecule has 1 N–H and O–H groups in total. The minimum absolute atomic E-state index is 0.0814. The van der Waals surface area contributed by atoms with Crippen LogP contribution in [0.3, 0.4) is 0 Å². The Kier molecular flexibility index (Phi) is 4.05. The predicted molar refractivity (Wildman–Crippen MR) is 82.7 cm³/mol. The van der Waals surface area contributed by atoms with Gasteiger partial charge in [0.25, 0.3) is 5.91 Å². The van der Waals surface area contributed by atoms with E-state index in [9.17, 15) is 4.79 Å². The van der Waals surface area contributed by atoms with Crippen LogP contribution >= 0.6 is 15.9 Å². The van der Waals surface area contributed by atoms with Crippen molar-refractivity contribution in [2.24, 2.45) is 0 Å². The number of hydrogen-bond acceptors (Lipinski definition) is 1. The van der Waals surface area contributed by atoms with Crippen LogP contribution < -0.4 is 5.32 Å². The van der Waals surface area contributed by atoms with Gasteiger partial charge in [-0.2, -0.15) is 0 Å². The summed E-state index contributed by atoms with van der Waals surface area (Å²) >= 11 is 3.49. The van der Waals surface area contributed by atoms with Gasteiger partial charge in [-0.3, -0.25) is 4.79 Å². The molecule has 0 aliphatic carbocycles. The third-order valence-corrected chi connectivity index (χ3v) is 3.88. The first-order chi connectivity index (χ1) is 8.99. The Morgan fingerprint density at radius 3 is 2.32 bits per heavy atom. The Hall–Kier alpha value is -1.61. The molecule has 0 heterocycles. The van der Waals surface area contributed by atoms with E-state index >= 15 is 0 Å². The average molecular weight is 318 g/mol. The Balaban J connectivity index is 2.30. The first-order valence-corrected chi connectivity index (χ1v) is 6.92. The molecule has 1 amide bonds. The summed E-state index contributed by atoms with van der Waals surface area (Å²) in [6, 6.07) is 11.6. The maximum Gasteiger partial charge on any atom is 0.255 e. The zero-order valence-corrected chi connectivity index (χ0v) is 12.8. The summed E-state index contributed by atoms with van der Waals surface area (Å²) < 4.78 is 0.900. The average Bonchev–Trinajstić information content (AvgIpc) is 2.36. The highest BCUT2D eigenvalue weighted by atomic mass is 79.9. The number of rotatable bonds is 2. The summed E-state index contributed by atoms with van der Waals surface area (Å²) in [6.45, 7) is 6.02. The van der Waals surface area contributed by atoms with Crippen molar-refractivity contribution in [3.63, 3.8) is 0 Å². The highest BCUT2D eigenvalue weighted by Crippen LogP contribution is 2.26. The van der Waals surface area contributed by atoms with Crippen molar-refractivity contribution < 1.29 is 4.79 Å². The van der Waals surface area contributed by atoms with Gasteiger partial charge in [-0.05, 0) is 71.6 Å². The van der Waals surface area contributed by atoms with E-state index < -0.39 is 0 Å². The monoisotopic (exact) mass is 317 g/mol. The number of carbonyl (C=O) groups excluding carboxylic acids is 1. The molecule has 0 radical (unpaired) electrons. The minimum atomic E-state index is -0.0814. The van der Waals surface area contributed by atoms with E-state index in [2.05, 4.69) is 21.2 Å². The first kappa shape index (κ1) is 13.8. The van der Waals surface area contributed by atoms with Gasteiger partial charge in [0.1, 0.15) is 0 Å². The van der Waals surface area contributed by atoms with Crippen LogP contribution in [0, 0.1) is 20.8 Å². The minimum Gasteiger partial charge on any atom is -0.321 e. The predicted octanol–water partition coefficient (Wildman–Crippen LogP) is 4.63. The molecule has 2 rings (SSSR count). The summed E-state index contributed by atoms with van der Waals surface area (Å²) in [4.78, 5) is 12.3. The summed E-state index contributed by atoms with van der Waals surface area (Å²) in [7, 11) is 0. The van der Waals surface area contributed by atoms with Crippen LogP contribution in [0.15, 0.2) is 40.9 Å². The lowest BCUT2D eigenvalue weighted by molar-refractivity contribution is 0.102. The molecule has 0 saturated heterocycles. The van der Waals surface area contributed by atoms with E-state index in [1.54, 1.807) is 0 Å². The lowest BCUT2D eigenvalue weighted by atomic mass is 10.1. The zero-order valence-electron chi connectivity index (χ0n) is 11.3. The molecular weight excluding hydrogens is 302 g/mol. The van der Waals surface area contributed by atoms with Gasteiger partial charge in [0, 0.05) is 10.0 Å². The highest BCUT2D eigenvalue weighted by Gasteiger charge is 2.11. The topological polar surface area (TPSA) is 29.1 Å². The smallest absolute Gasteiger partial charge is 0.255 e. The van der Waals surface area contributed by atoms with E-state index in [1.807, 2.05) is 57.2 Å². The van der Waals surface area contributed by atoms with E-state index in [0.29, 0.717) is 5.56 Å². The van der Waals surface area contributed by atoms with Crippen molar-refractivity contribution in [1.29, 1.82) is 0 Å². The maximum atomic E-state index is 12.3. The van der Waals surface area contributed by atoms with E-state index in [4.69, 9.17) is 0 Å². The first-order valence-electron chi connectivity index (χ1n) is 6.13. The number of benzene rings is 2. The van der Waals surface area contributed by atoms with Gasteiger partial charge in [0.05, 0.1) is 5.69 Å². The van der Waals surface area contributed by atoms with Crippen molar-refractivity contribution >= 4 is 27.5 Å². The molecule has 2 aromatic carbocycles. The van der Waals surface area contributed by atoms with Crippen LogP contribution in [0.2, 0.25) is 0 Å². The highest BCUT2D eigenvalue weighted by molar-refractivity contribution is 9.10. The summed E-state index contributed by atoms with van der Waals surface area (Å²) in [5.41, 5.74) is 4.83. The molecule has 19 heavy (non-hydrogen) atoms. The van der Waals surface area contributed by atoms with E-state index in [1.165, 1.54) is 5.56 Å². The molecule has 0 unspecified atom stereocenters. The normalized spacial score (nSPS) is 10.3. The standard InChI is InChI=1S/C16H16BrNO/c1-10-6-4-5-7-13(10)16(19)18-15-9-12(3)11(2)8-14(15)17/h4-9H,1-3H3,(H,18,19). The van der Waals surface area contributed by atoms with Gasteiger partial charge >= 0.3 is 0 Å². The summed E-state index contributed by atoms with van der Waals surface area (Å²) in [6.07, 6.45) is 0. The molecule has 0 aromatic heterocycles. The molecule has 0 aliphatic heterocycles. The lowest BCUT2D eigenvalue weighted by Crippen LogP contribution is -2.13. The molecule has 0 bridgehead atoms. The fraction of sp³-hybridized carbons (Fsp3) is 0.188. The van der Waals surface area contributed by atoms with Crippen molar-refractivity contribution in [2.45, 2.75) is 20.8 Å². The third-order valence-electron chi connectivity index (χ3n) is 3.22. The van der Waals surface area contributed by atoms with Crippen LogP contribution in [-0.2, 0) is 0 Å². The zero-order chi connectivity index (χ0) is 14.0. The molecular formula is C16H16BrNO. The number of hydrogen-bond donors (Lipinski definition) is 1. The van der Waals surface area contributed by atoms with Gasteiger partial charge in [0.2, 0.25) is 0 Å². The summed E-state index contributed by atoms with van der Waals surface area (Å²) in [5.74, 6) is -0.0814. The Morgan fingerprint density at radius 1 is 1.00 bits per heavy atom. The van der Waals surface area contributed by atoms with Crippen LogP contribution in [0.1, 0.15) is 27.0 Å². The van der Waals surface area contributed by atoms with Crippen LogP contribution in [0.5, 0.6) is 0 Å². The van der Waals surface area contributed by atoms with Gasteiger partial charge in [-0.25, -0.2) is 0 Å². The molecule has 98 valence electrons. The van der Waals surface area contributed by atoms with Crippen LogP contribution in [0.25, 0.3) is 0 Å². The number of anilines is 1. The van der Waals surface area contributed by atoms with E-state index in [-0.39, 0.29) is 5.91 Å². The lowest BCUT2D eigenvalue weighted by Gasteiger charge is -2.11. The second-order valence-electron chi connectivity index (χ2n) is 4.69. The summed E-state index contributed by atoms with van der Waals surface area (Å²) in [5, 5.41) is 2.95. The molecule has 0 saturated carbocycles. The molecule has 2 nitrogen and oxygen atoms in total. The fourth-order valence-corrected chi connectivity index (χ4v) is 2.45. The second kappa shape index (κ2) is 5.57. The molecule has 3 heteroatoms. The molecule has 0 fully saturated rings. The number of nitrogens with one attached hydrogen (secondary N) is 1. The Labute approximate surface area is 122 Å². The Morgan fingerprint density at radius 2 is 1.63 bits per heavy atom. The molecule has 0 atom stereocenters. The number of amides is 1. The SMILES string of the molecule is Cc1cc(Br)c(NC(=O)c2ccccc2C)cc1C. The van der Waals surface area contributed by atoms with Gasteiger partial charge in [0.15, 0.2) is 0 Å².